The molecule has 0 saturated heterocycles. The van der Waals surface area contributed by atoms with Crippen LogP contribution in [-0.2, 0) is 24.2 Å². The number of hydrogen-bond donors (Lipinski definition) is 1. The minimum atomic E-state index is -0.262. The van der Waals surface area contributed by atoms with Crippen LogP contribution in [0, 0.1) is 5.82 Å². The van der Waals surface area contributed by atoms with E-state index in [9.17, 15) is 9.18 Å². The molecule has 1 aliphatic heterocycles. The Bertz CT molecular complexity index is 929. The lowest BCUT2D eigenvalue weighted by atomic mass is 10.1. The van der Waals surface area contributed by atoms with Gasteiger partial charge in [0.25, 0.3) is 0 Å². The third kappa shape index (κ3) is 4.08. The average molecular weight is 363 g/mol. The number of nitrogens with zero attached hydrogens (tertiary/aromatic N) is 2. The van der Waals surface area contributed by atoms with E-state index in [0.29, 0.717) is 12.8 Å². The first-order chi connectivity index (χ1) is 13.2. The highest BCUT2D eigenvalue weighted by Crippen LogP contribution is 2.25. The quantitative estimate of drug-likeness (QED) is 0.720. The number of anilines is 1. The van der Waals surface area contributed by atoms with Gasteiger partial charge in [-0.1, -0.05) is 12.1 Å². The maximum absolute atomic E-state index is 12.9. The third-order valence-corrected chi connectivity index (χ3v) is 4.98. The first kappa shape index (κ1) is 17.5. The first-order valence-corrected chi connectivity index (χ1v) is 9.38. The lowest BCUT2D eigenvalue weighted by molar-refractivity contribution is -0.116. The summed E-state index contributed by atoms with van der Waals surface area (Å²) in [5.74, 6) is 0.686. The van der Waals surface area contributed by atoms with Crippen LogP contribution in [0.3, 0.4) is 0 Å². The van der Waals surface area contributed by atoms with E-state index >= 15 is 0 Å². The maximum Gasteiger partial charge on any atom is 0.224 e. The molecule has 4 nitrogen and oxygen atoms in total. The fourth-order valence-corrected chi connectivity index (χ4v) is 3.50. The van der Waals surface area contributed by atoms with Gasteiger partial charge in [-0.15, -0.1) is 0 Å². The van der Waals surface area contributed by atoms with Crippen molar-refractivity contribution in [2.75, 3.05) is 5.32 Å². The normalized spacial score (nSPS) is 13.2. The second-order valence-electron chi connectivity index (χ2n) is 6.93. The number of benzene rings is 2. The molecule has 2 aromatic carbocycles. The molecular weight excluding hydrogens is 341 g/mol. The second-order valence-corrected chi connectivity index (χ2v) is 6.93. The van der Waals surface area contributed by atoms with Crippen molar-refractivity contribution in [1.82, 2.24) is 9.55 Å². The van der Waals surface area contributed by atoms with Crippen molar-refractivity contribution in [2.45, 2.75) is 38.6 Å². The zero-order valence-corrected chi connectivity index (χ0v) is 15.1. The zero-order valence-electron chi connectivity index (χ0n) is 15.1. The van der Waals surface area contributed by atoms with Crippen molar-refractivity contribution in [3.05, 3.63) is 71.8 Å². The number of nitrogens with one attached hydrogen (secondary N) is 1. The molecule has 0 saturated carbocycles. The number of amides is 1. The summed E-state index contributed by atoms with van der Waals surface area (Å²) in [5.41, 5.74) is 4.08. The molecule has 0 spiro atoms. The van der Waals surface area contributed by atoms with E-state index in [1.54, 1.807) is 12.1 Å². The molecule has 1 aliphatic rings. The summed E-state index contributed by atoms with van der Waals surface area (Å²) in [6.07, 6.45) is 6.44. The predicted octanol–water partition coefficient (Wildman–Crippen LogP) is 4.60. The third-order valence-electron chi connectivity index (χ3n) is 4.98. The molecule has 1 N–H and O–H groups in total. The van der Waals surface area contributed by atoms with Gasteiger partial charge in [0.2, 0.25) is 5.91 Å². The van der Waals surface area contributed by atoms with Crippen molar-refractivity contribution in [1.29, 1.82) is 0 Å². The number of hydrogen-bond acceptors (Lipinski definition) is 2. The van der Waals surface area contributed by atoms with Crippen LogP contribution < -0.4 is 5.32 Å². The number of carbonyl (C=O) groups excluding carboxylic acids is 1. The van der Waals surface area contributed by atoms with E-state index in [2.05, 4.69) is 14.9 Å². The predicted molar refractivity (Wildman–Crippen MR) is 104 cm³/mol. The van der Waals surface area contributed by atoms with Gasteiger partial charge in [-0.05, 0) is 67.6 Å². The minimum absolute atomic E-state index is 0.0507. The molecule has 0 aliphatic carbocycles. The van der Waals surface area contributed by atoms with Gasteiger partial charge < -0.3 is 9.88 Å². The summed E-state index contributed by atoms with van der Waals surface area (Å²) in [6.45, 7) is 1.02. The molecule has 0 fully saturated rings. The number of fused-ring (bicyclic) bond motifs is 1. The first-order valence-electron chi connectivity index (χ1n) is 9.38. The van der Waals surface area contributed by atoms with Crippen molar-refractivity contribution >= 4 is 11.6 Å². The Morgan fingerprint density at radius 3 is 2.63 bits per heavy atom. The van der Waals surface area contributed by atoms with Crippen molar-refractivity contribution in [3.63, 3.8) is 0 Å². The van der Waals surface area contributed by atoms with Crippen LogP contribution in [0.1, 0.15) is 30.5 Å². The smallest absolute Gasteiger partial charge is 0.224 e. The van der Waals surface area contributed by atoms with E-state index in [4.69, 9.17) is 0 Å². The van der Waals surface area contributed by atoms with Gasteiger partial charge in [-0.25, -0.2) is 9.37 Å². The summed E-state index contributed by atoms with van der Waals surface area (Å²) in [5, 5.41) is 2.92. The molecule has 4 rings (SSSR count). The number of carbonyl (C=O) groups is 1. The molecule has 0 radical (unpaired) electrons. The molecule has 0 unspecified atom stereocenters. The average Bonchev–Trinajstić information content (AvgIpc) is 3.12. The Kier molecular flexibility index (Phi) is 5.01. The van der Waals surface area contributed by atoms with Crippen LogP contribution in [0.15, 0.2) is 54.7 Å². The van der Waals surface area contributed by atoms with Crippen LogP contribution in [0.5, 0.6) is 0 Å². The van der Waals surface area contributed by atoms with E-state index < -0.39 is 0 Å². The van der Waals surface area contributed by atoms with Gasteiger partial charge in [0, 0.05) is 36.1 Å². The van der Waals surface area contributed by atoms with Crippen LogP contribution in [0.4, 0.5) is 10.1 Å². The monoisotopic (exact) mass is 363 g/mol. The molecule has 1 amide bonds. The molecule has 5 heteroatoms. The highest BCUT2D eigenvalue weighted by Gasteiger charge is 2.15. The standard InChI is InChI=1S/C22H22FN3O/c23-18-9-4-16(5-10-18)6-13-21(27)25-19-11-7-17(8-12-19)22-24-15-20-3-1-2-14-26(20)22/h4-5,7-12,15H,1-3,6,13-14H2,(H,25,27). The van der Waals surface area contributed by atoms with Crippen LogP contribution in [0.25, 0.3) is 11.4 Å². The summed E-state index contributed by atoms with van der Waals surface area (Å²) in [4.78, 5) is 16.7. The van der Waals surface area contributed by atoms with Gasteiger partial charge >= 0.3 is 0 Å². The number of aromatic nitrogens is 2. The maximum atomic E-state index is 12.9. The molecule has 0 atom stereocenters. The van der Waals surface area contributed by atoms with Gasteiger partial charge in [-0.3, -0.25) is 4.79 Å². The minimum Gasteiger partial charge on any atom is -0.328 e. The van der Waals surface area contributed by atoms with Crippen molar-refractivity contribution < 1.29 is 9.18 Å². The van der Waals surface area contributed by atoms with Gasteiger partial charge in [0.15, 0.2) is 0 Å². The molecule has 2 heterocycles. The van der Waals surface area contributed by atoms with E-state index in [-0.39, 0.29) is 11.7 Å². The number of rotatable bonds is 5. The highest BCUT2D eigenvalue weighted by molar-refractivity contribution is 5.91. The van der Waals surface area contributed by atoms with E-state index in [1.807, 2.05) is 30.5 Å². The fraction of sp³-hybridized carbons (Fsp3) is 0.273. The Morgan fingerprint density at radius 2 is 1.85 bits per heavy atom. The Balaban J connectivity index is 1.37. The van der Waals surface area contributed by atoms with Gasteiger partial charge in [-0.2, -0.15) is 0 Å². The molecule has 27 heavy (non-hydrogen) atoms. The fourth-order valence-electron chi connectivity index (χ4n) is 3.50. The van der Waals surface area contributed by atoms with Gasteiger partial charge in [0.05, 0.1) is 0 Å². The van der Waals surface area contributed by atoms with Crippen LogP contribution in [0.2, 0.25) is 0 Å². The van der Waals surface area contributed by atoms with Gasteiger partial charge in [0.1, 0.15) is 11.6 Å². The van der Waals surface area contributed by atoms with E-state index in [0.717, 1.165) is 35.6 Å². The Hall–Kier alpha value is -2.95. The summed E-state index contributed by atoms with van der Waals surface area (Å²) in [6, 6.07) is 14.1. The molecule has 0 bridgehead atoms. The molecular formula is C22H22FN3O. The second kappa shape index (κ2) is 7.74. The molecule has 1 aromatic heterocycles. The topological polar surface area (TPSA) is 46.9 Å². The molecule has 3 aromatic rings. The van der Waals surface area contributed by atoms with Crippen LogP contribution in [-0.4, -0.2) is 15.5 Å². The number of halogens is 1. The molecule has 138 valence electrons. The summed E-state index contributed by atoms with van der Waals surface area (Å²) in [7, 11) is 0. The summed E-state index contributed by atoms with van der Waals surface area (Å²) >= 11 is 0. The van der Waals surface area contributed by atoms with Crippen molar-refractivity contribution in [2.24, 2.45) is 0 Å². The van der Waals surface area contributed by atoms with Crippen molar-refractivity contribution in [3.8, 4) is 11.4 Å². The zero-order chi connectivity index (χ0) is 18.6. The highest BCUT2D eigenvalue weighted by atomic mass is 19.1. The largest absolute Gasteiger partial charge is 0.328 e. The lowest BCUT2D eigenvalue weighted by Gasteiger charge is -2.16. The SMILES string of the molecule is O=C(CCc1ccc(F)cc1)Nc1ccc(-c2ncc3n2CCCC3)cc1. The number of aryl methyl sites for hydroxylation is 2. The lowest BCUT2D eigenvalue weighted by Crippen LogP contribution is -2.12. The number of imidazole rings is 1. The Labute approximate surface area is 158 Å². The van der Waals surface area contributed by atoms with E-state index in [1.165, 1.54) is 30.7 Å². The van der Waals surface area contributed by atoms with Crippen LogP contribution >= 0.6 is 0 Å². The Morgan fingerprint density at radius 1 is 1.07 bits per heavy atom. The summed E-state index contributed by atoms with van der Waals surface area (Å²) < 4.78 is 15.2.